The first-order valence-electron chi connectivity index (χ1n) is 25.3. The number of esters is 2. The number of hydrogen-bond acceptors (Lipinski definition) is 20. The number of aliphatic hydroxyl groups is 8. The molecule has 9 aliphatic rings. The largest absolute Gasteiger partial charge is 0.459 e. The normalized spacial score (nSPS) is 53.3. The first-order chi connectivity index (χ1) is 32.6. The molecule has 4 saturated heterocycles. The summed E-state index contributed by atoms with van der Waals surface area (Å²) >= 11 is 0. The lowest BCUT2D eigenvalue weighted by Crippen LogP contribution is -2.62. The van der Waals surface area contributed by atoms with Crippen LogP contribution in [0.25, 0.3) is 0 Å². The van der Waals surface area contributed by atoms with Crippen LogP contribution in [0.15, 0.2) is 11.6 Å². The molecule has 20 heteroatoms. The van der Waals surface area contributed by atoms with Crippen molar-refractivity contribution in [1.82, 2.24) is 0 Å². The molecule has 4 aliphatic carbocycles. The number of hydrogen-bond donors (Lipinski definition) is 8. The highest BCUT2D eigenvalue weighted by atomic mass is 16.8. The Morgan fingerprint density at radius 3 is 1.93 bits per heavy atom. The van der Waals surface area contributed by atoms with Crippen molar-refractivity contribution in [2.45, 2.75) is 234 Å². The van der Waals surface area contributed by atoms with E-state index in [9.17, 15) is 50.4 Å². The van der Waals surface area contributed by atoms with Crippen LogP contribution in [0.1, 0.15) is 112 Å². The second kappa shape index (κ2) is 20.0. The van der Waals surface area contributed by atoms with Crippen LogP contribution in [0, 0.1) is 34.5 Å². The molecular formula is C49H76O20. The van der Waals surface area contributed by atoms with Crippen LogP contribution in [0.2, 0.25) is 0 Å². The number of aliphatic hydroxyl groups excluding tert-OH is 7. The average Bonchev–Trinajstić information content (AvgIpc) is 3.79. The number of ether oxygens (including phenoxy) is 10. The van der Waals surface area contributed by atoms with Crippen LogP contribution in [0.3, 0.4) is 0 Å². The van der Waals surface area contributed by atoms with Gasteiger partial charge in [-0.1, -0.05) is 13.8 Å². The number of carbonyl (C=O) groups is 2. The van der Waals surface area contributed by atoms with Gasteiger partial charge in [-0.15, -0.1) is 0 Å². The summed E-state index contributed by atoms with van der Waals surface area (Å²) in [7, 11) is 0. The summed E-state index contributed by atoms with van der Waals surface area (Å²) in [5.41, 5.74) is -0.809. The van der Waals surface area contributed by atoms with E-state index >= 15 is 0 Å². The van der Waals surface area contributed by atoms with E-state index in [1.54, 1.807) is 13.8 Å². The third-order valence-electron chi connectivity index (χ3n) is 18.2. The fraction of sp³-hybridized carbons (Fsp3) is 0.918. The van der Waals surface area contributed by atoms with E-state index in [0.717, 1.165) is 50.5 Å². The van der Waals surface area contributed by atoms with Crippen molar-refractivity contribution in [2.75, 3.05) is 13.2 Å². The predicted octanol–water partition coefficient (Wildman–Crippen LogP) is 0.613. The predicted molar refractivity (Wildman–Crippen MR) is 235 cm³/mol. The molecule has 0 radical (unpaired) electrons. The molecule has 392 valence electrons. The van der Waals surface area contributed by atoms with Crippen LogP contribution in [0.5, 0.6) is 0 Å². The summed E-state index contributed by atoms with van der Waals surface area (Å²) in [5, 5.41) is 87.5. The minimum atomic E-state index is -1.68. The number of cyclic esters (lactones) is 1. The van der Waals surface area contributed by atoms with E-state index in [0.29, 0.717) is 18.3 Å². The van der Waals surface area contributed by atoms with Crippen LogP contribution in [-0.2, 0) is 57.0 Å². The van der Waals surface area contributed by atoms with E-state index in [1.807, 2.05) is 6.92 Å². The van der Waals surface area contributed by atoms with Crippen molar-refractivity contribution in [3.8, 4) is 0 Å². The Bertz CT molecular complexity index is 1850. The minimum absolute atomic E-state index is 0.000687. The average molecular weight is 985 g/mol. The van der Waals surface area contributed by atoms with E-state index in [4.69, 9.17) is 47.4 Å². The van der Waals surface area contributed by atoms with Gasteiger partial charge in [-0.25, -0.2) is 4.79 Å². The summed E-state index contributed by atoms with van der Waals surface area (Å²) in [4.78, 5) is 24.2. The molecule has 5 aliphatic heterocycles. The molecule has 5 heterocycles. The Morgan fingerprint density at radius 2 is 1.33 bits per heavy atom. The zero-order valence-electron chi connectivity index (χ0n) is 40.5. The Kier molecular flexibility index (Phi) is 15.1. The van der Waals surface area contributed by atoms with Crippen molar-refractivity contribution in [3.05, 3.63) is 11.6 Å². The van der Waals surface area contributed by atoms with Gasteiger partial charge in [-0.2, -0.15) is 0 Å². The SMILES string of the molecule is CC(=O)O[C@@H]1C[C@H](O[C@@H]2[C@H](O)C[C@@H](O[C@@H]3[C@H](O)C[C@@H](O[C@@H]4CC[C@@]5(C)[C@H](CC[C@H]6[C@@H]5CC[C@]5(C)[C@@H](C7=CC(=O)OC7)[C@H](O)C[C@]65O)C4)O[C@@H]3C)O[C@@H]2C)O[C@H](C)[C@H]1O[C@H]1O[C@@H](CO)[C@H](O)[C@@H](O)[C@@H]1O. The van der Waals surface area contributed by atoms with E-state index in [-0.39, 0.29) is 55.2 Å². The first-order valence-corrected chi connectivity index (χ1v) is 25.3. The van der Waals surface area contributed by atoms with Crippen LogP contribution >= 0.6 is 0 Å². The maximum Gasteiger partial charge on any atom is 0.331 e. The van der Waals surface area contributed by atoms with Crippen molar-refractivity contribution >= 4 is 11.9 Å². The second-order valence-electron chi connectivity index (χ2n) is 22.3. The van der Waals surface area contributed by atoms with Crippen LogP contribution in [0.4, 0.5) is 0 Å². The Morgan fingerprint density at radius 1 is 0.710 bits per heavy atom. The molecule has 20 nitrogen and oxygen atoms in total. The number of fused-ring (bicyclic) bond motifs is 5. The molecule has 0 amide bonds. The topological polar surface area (TPSA) is 288 Å². The molecule has 0 bridgehead atoms. The smallest absolute Gasteiger partial charge is 0.331 e. The molecule has 0 aromatic rings. The molecular weight excluding hydrogens is 909 g/mol. The lowest BCUT2D eigenvalue weighted by atomic mass is 9.43. The van der Waals surface area contributed by atoms with Gasteiger partial charge in [0.2, 0.25) is 0 Å². The summed E-state index contributed by atoms with van der Waals surface area (Å²) in [5.74, 6) is -0.609. The van der Waals surface area contributed by atoms with E-state index in [2.05, 4.69) is 13.8 Å². The quantitative estimate of drug-likeness (QED) is 0.104. The first kappa shape index (κ1) is 51.9. The summed E-state index contributed by atoms with van der Waals surface area (Å²) in [6.07, 6.45) is -10.8. The van der Waals surface area contributed by atoms with Gasteiger partial charge in [0.15, 0.2) is 25.2 Å². The third-order valence-corrected chi connectivity index (χ3v) is 18.2. The molecule has 0 aromatic carbocycles. The summed E-state index contributed by atoms with van der Waals surface area (Å²) in [6.45, 7) is 10.4. The van der Waals surface area contributed by atoms with Gasteiger partial charge in [0, 0.05) is 50.0 Å². The van der Waals surface area contributed by atoms with Gasteiger partial charge >= 0.3 is 11.9 Å². The molecule has 26 atom stereocenters. The molecule has 69 heavy (non-hydrogen) atoms. The van der Waals surface area contributed by atoms with Gasteiger partial charge in [-0.05, 0) is 94.5 Å². The fourth-order valence-electron chi connectivity index (χ4n) is 14.7. The zero-order valence-corrected chi connectivity index (χ0v) is 40.5. The third kappa shape index (κ3) is 9.59. The Balaban J connectivity index is 0.749. The summed E-state index contributed by atoms with van der Waals surface area (Å²) < 4.78 is 60.1. The molecule has 0 spiro atoms. The van der Waals surface area contributed by atoms with Crippen molar-refractivity contribution < 1.29 is 97.8 Å². The van der Waals surface area contributed by atoms with E-state index in [1.165, 1.54) is 13.0 Å². The molecule has 0 aromatic heterocycles. The highest BCUT2D eigenvalue weighted by Crippen LogP contribution is 2.70. The van der Waals surface area contributed by atoms with Crippen LogP contribution in [-0.4, -0.2) is 188 Å². The minimum Gasteiger partial charge on any atom is -0.459 e. The number of rotatable bonds is 11. The van der Waals surface area contributed by atoms with Gasteiger partial charge < -0.3 is 88.2 Å². The van der Waals surface area contributed by atoms with Gasteiger partial charge in [0.05, 0.1) is 54.9 Å². The Hall–Kier alpha value is -1.96. The zero-order chi connectivity index (χ0) is 49.5. The number of carbonyl (C=O) groups excluding carboxylic acids is 2. The maximum absolute atomic E-state index is 12.6. The van der Waals surface area contributed by atoms with Gasteiger partial charge in [-0.3, -0.25) is 4.79 Å². The lowest BCUT2D eigenvalue weighted by Gasteiger charge is -2.63. The Labute approximate surface area is 402 Å². The van der Waals surface area contributed by atoms with Crippen molar-refractivity contribution in [2.24, 2.45) is 34.5 Å². The summed E-state index contributed by atoms with van der Waals surface area (Å²) in [6, 6.07) is 0. The van der Waals surface area contributed by atoms with Crippen molar-refractivity contribution in [3.63, 3.8) is 0 Å². The highest BCUT2D eigenvalue weighted by Gasteiger charge is 2.70. The molecule has 4 saturated carbocycles. The standard InChI is InChI=1S/C49H76O20/c1-21-43(67-37-16-31(53)44(22(2)62-37)68-38-17-33(64-24(4)51)45(23(3)63-38)69-46-42(58)41(57)40(56)34(19-50)66-46)30(52)15-36(61-21)65-27-9-11-47(5)26(14-27)7-8-29-28(47)10-12-48(6)39(25-13-35(55)60-20-25)32(54)18-49(29,48)59/h13,21-23,26-34,36-46,50,52-54,56-59H,7-12,14-20H2,1-6H3/t21-,22-,23-,26-,27-,28+,29+,30-,31-,32-,33-,34+,36-,37-,38+,39+,40+,41-,42+,43+,44+,45-,46-,47+,48-,49+/m1/s1. The highest BCUT2D eigenvalue weighted by molar-refractivity contribution is 5.85. The molecule has 0 unspecified atom stereocenters. The second-order valence-corrected chi connectivity index (χ2v) is 22.3. The lowest BCUT2D eigenvalue weighted by molar-refractivity contribution is -0.355. The van der Waals surface area contributed by atoms with Crippen LogP contribution < -0.4 is 0 Å². The fourth-order valence-corrected chi connectivity index (χ4v) is 14.7. The monoisotopic (exact) mass is 984 g/mol. The van der Waals surface area contributed by atoms with Gasteiger partial charge in [0.1, 0.15) is 55.4 Å². The molecule has 8 N–H and O–H groups in total. The van der Waals surface area contributed by atoms with Gasteiger partial charge in [0.25, 0.3) is 0 Å². The maximum atomic E-state index is 12.6. The molecule has 9 rings (SSSR count). The van der Waals surface area contributed by atoms with Crippen molar-refractivity contribution in [1.29, 1.82) is 0 Å². The van der Waals surface area contributed by atoms with E-state index < -0.39 is 134 Å². The molecule has 8 fully saturated rings.